The van der Waals surface area contributed by atoms with Crippen LogP contribution in [0.25, 0.3) is 0 Å². The highest BCUT2D eigenvalue weighted by molar-refractivity contribution is 5.14. The summed E-state index contributed by atoms with van der Waals surface area (Å²) in [6.07, 6.45) is 15.1. The van der Waals surface area contributed by atoms with Crippen LogP contribution in [0.15, 0.2) is 30.3 Å². The van der Waals surface area contributed by atoms with Crippen LogP contribution in [0.4, 0.5) is 0 Å². The number of hydrogen-bond donors (Lipinski definition) is 2. The van der Waals surface area contributed by atoms with E-state index < -0.39 is 0 Å². The highest BCUT2D eigenvalue weighted by Gasteiger charge is 1.95. The molecule has 0 saturated heterocycles. The molecule has 0 radical (unpaired) electrons. The number of unbranched alkanes of at least 4 members (excludes halogenated alkanes) is 2. The fourth-order valence-electron chi connectivity index (χ4n) is 2.72. The number of aliphatic hydroxyl groups is 2. The lowest BCUT2D eigenvalue weighted by molar-refractivity contribution is 0.0324. The first kappa shape index (κ1) is 31.2. The first-order valence-electron chi connectivity index (χ1n) is 12.2. The van der Waals surface area contributed by atoms with Crippen LogP contribution >= 0.6 is 0 Å². The molecule has 0 bridgehead atoms. The van der Waals surface area contributed by atoms with Gasteiger partial charge in [0.25, 0.3) is 0 Å². The molecule has 1 aromatic rings. The van der Waals surface area contributed by atoms with Gasteiger partial charge in [0.05, 0.1) is 26.4 Å². The zero-order valence-electron chi connectivity index (χ0n) is 20.1. The molecule has 0 aromatic heterocycles. The maximum atomic E-state index is 8.34. The minimum Gasteiger partial charge on any atom is -0.397 e. The van der Waals surface area contributed by atoms with Crippen LogP contribution in [0.3, 0.4) is 0 Å². The lowest BCUT2D eigenvalue weighted by atomic mass is 10.0. The third-order valence-corrected chi connectivity index (χ3v) is 4.41. The van der Waals surface area contributed by atoms with Gasteiger partial charge in [-0.3, -0.25) is 0 Å². The highest BCUT2D eigenvalue weighted by atomic mass is 16.5. The fraction of sp³-hybridized carbons (Fsp3) is 0.769. The Morgan fingerprint density at radius 2 is 1.13 bits per heavy atom. The van der Waals surface area contributed by atoms with Crippen molar-refractivity contribution in [2.45, 2.75) is 91.4 Å². The van der Waals surface area contributed by atoms with Gasteiger partial charge in [0.1, 0.15) is 0 Å². The second-order valence-electron chi connectivity index (χ2n) is 7.33. The van der Waals surface area contributed by atoms with Crippen molar-refractivity contribution in [2.24, 2.45) is 0 Å². The number of aliphatic hydroxyl groups excluding tert-OH is 2. The molecule has 4 heteroatoms. The Balaban J connectivity index is 0. The lowest BCUT2D eigenvalue weighted by Gasteiger charge is -2.05. The summed E-state index contributed by atoms with van der Waals surface area (Å²) in [4.78, 5) is 0. The average molecular weight is 427 g/mol. The molecule has 1 aromatic carbocycles. The van der Waals surface area contributed by atoms with Gasteiger partial charge in [0, 0.05) is 13.2 Å². The van der Waals surface area contributed by atoms with Gasteiger partial charge >= 0.3 is 0 Å². The minimum absolute atomic E-state index is 0.0922. The Bertz CT molecular complexity index is 360. The summed E-state index contributed by atoms with van der Waals surface area (Å²) >= 11 is 0. The van der Waals surface area contributed by atoms with E-state index in [-0.39, 0.29) is 13.2 Å². The van der Waals surface area contributed by atoms with Crippen LogP contribution in [-0.2, 0) is 15.9 Å². The van der Waals surface area contributed by atoms with E-state index in [4.69, 9.17) is 19.7 Å². The highest BCUT2D eigenvalue weighted by Crippen LogP contribution is 2.15. The predicted molar refractivity (Wildman–Crippen MR) is 129 cm³/mol. The zero-order valence-corrected chi connectivity index (χ0v) is 20.1. The molecule has 1 fully saturated rings. The third-order valence-electron chi connectivity index (χ3n) is 4.41. The molecule has 1 aliphatic rings. The zero-order chi connectivity index (χ0) is 22.5. The van der Waals surface area contributed by atoms with Gasteiger partial charge in [-0.25, -0.2) is 0 Å². The molecular formula is C26H50O4. The molecule has 0 heterocycles. The first-order valence-corrected chi connectivity index (χ1v) is 12.2. The molecule has 1 aliphatic carbocycles. The molecule has 0 atom stereocenters. The maximum absolute atomic E-state index is 8.34. The van der Waals surface area contributed by atoms with Crippen molar-refractivity contribution in [3.05, 3.63) is 35.9 Å². The molecular weight excluding hydrogens is 376 g/mol. The summed E-state index contributed by atoms with van der Waals surface area (Å²) in [6.45, 7) is 8.84. The third kappa shape index (κ3) is 29.3. The average Bonchev–Trinajstić information content (AvgIpc) is 2.80. The number of aryl methyl sites for hydroxylation is 1. The van der Waals surface area contributed by atoms with Crippen molar-refractivity contribution in [1.29, 1.82) is 0 Å². The number of ether oxygens (including phenoxy) is 2. The van der Waals surface area contributed by atoms with Gasteiger partial charge in [-0.2, -0.15) is 0 Å². The van der Waals surface area contributed by atoms with Crippen LogP contribution in [0, 0.1) is 0 Å². The van der Waals surface area contributed by atoms with E-state index in [1.54, 1.807) is 6.92 Å². The maximum Gasteiger partial charge on any atom is 0.0701 e. The SMILES string of the molecule is C1CCCCC1.CCCCOCCOCCO.CCCCc1ccccc1.CCO. The standard InChI is InChI=1S/C10H14.C8H18O3.C6H12.C2H6O/c1-2-3-7-10-8-5-4-6-9-10;1-2-3-5-10-7-8-11-6-4-9;1-2-4-6-5-3-1;1-2-3/h4-6,8-9H,2-3,7H2,1H3;9H,2-8H2,1H3;1-6H2;3H,2H2,1H3. The number of benzene rings is 1. The number of hydrogen-bond acceptors (Lipinski definition) is 4. The van der Waals surface area contributed by atoms with Crippen molar-refractivity contribution in [3.8, 4) is 0 Å². The largest absolute Gasteiger partial charge is 0.397 e. The molecule has 178 valence electrons. The summed E-state index contributed by atoms with van der Waals surface area (Å²) in [5.41, 5.74) is 1.46. The van der Waals surface area contributed by atoms with E-state index in [1.807, 2.05) is 0 Å². The Labute approximate surface area is 187 Å². The Kier molecular flexibility index (Phi) is 31.5. The lowest BCUT2D eigenvalue weighted by Crippen LogP contribution is -2.07. The smallest absolute Gasteiger partial charge is 0.0701 e. The molecule has 4 nitrogen and oxygen atoms in total. The van der Waals surface area contributed by atoms with Crippen molar-refractivity contribution in [3.63, 3.8) is 0 Å². The topological polar surface area (TPSA) is 58.9 Å². The van der Waals surface area contributed by atoms with Crippen LogP contribution in [-0.4, -0.2) is 49.9 Å². The minimum atomic E-state index is 0.0922. The predicted octanol–water partition coefficient (Wildman–Crippen LogP) is 6.18. The van der Waals surface area contributed by atoms with Gasteiger partial charge < -0.3 is 19.7 Å². The normalized spacial score (nSPS) is 12.4. The summed E-state index contributed by atoms with van der Waals surface area (Å²) in [5, 5.41) is 15.9. The first-order chi connectivity index (χ1) is 14.8. The van der Waals surface area contributed by atoms with Gasteiger partial charge in [-0.15, -0.1) is 0 Å². The quantitative estimate of drug-likeness (QED) is 0.415. The fourth-order valence-corrected chi connectivity index (χ4v) is 2.72. The summed E-state index contributed by atoms with van der Waals surface area (Å²) in [6, 6.07) is 10.6. The molecule has 0 spiro atoms. The summed E-state index contributed by atoms with van der Waals surface area (Å²) < 4.78 is 10.2. The molecule has 30 heavy (non-hydrogen) atoms. The van der Waals surface area contributed by atoms with Crippen molar-refractivity contribution < 1.29 is 19.7 Å². The van der Waals surface area contributed by atoms with Gasteiger partial charge in [0.15, 0.2) is 0 Å². The second-order valence-corrected chi connectivity index (χ2v) is 7.33. The monoisotopic (exact) mass is 426 g/mol. The molecule has 0 aliphatic heterocycles. The van der Waals surface area contributed by atoms with Crippen LogP contribution in [0.2, 0.25) is 0 Å². The molecule has 0 unspecified atom stereocenters. The Morgan fingerprint density at radius 3 is 1.57 bits per heavy atom. The van der Waals surface area contributed by atoms with E-state index >= 15 is 0 Å². The van der Waals surface area contributed by atoms with Gasteiger partial charge in [0.2, 0.25) is 0 Å². The van der Waals surface area contributed by atoms with E-state index in [1.165, 1.54) is 63.4 Å². The number of rotatable bonds is 11. The van der Waals surface area contributed by atoms with E-state index in [2.05, 4.69) is 44.2 Å². The van der Waals surface area contributed by atoms with Gasteiger partial charge in [-0.05, 0) is 31.7 Å². The van der Waals surface area contributed by atoms with Crippen molar-refractivity contribution >= 4 is 0 Å². The Morgan fingerprint density at radius 1 is 0.667 bits per heavy atom. The van der Waals surface area contributed by atoms with E-state index in [0.717, 1.165) is 19.4 Å². The molecule has 0 amide bonds. The van der Waals surface area contributed by atoms with E-state index in [9.17, 15) is 0 Å². The van der Waals surface area contributed by atoms with Gasteiger partial charge in [-0.1, -0.05) is 95.5 Å². The van der Waals surface area contributed by atoms with Crippen molar-refractivity contribution in [2.75, 3.05) is 39.6 Å². The molecule has 2 N–H and O–H groups in total. The molecule has 2 rings (SSSR count). The second kappa shape index (κ2) is 30.3. The summed E-state index contributed by atoms with van der Waals surface area (Å²) in [7, 11) is 0. The summed E-state index contributed by atoms with van der Waals surface area (Å²) in [5.74, 6) is 0. The van der Waals surface area contributed by atoms with Crippen LogP contribution in [0.5, 0.6) is 0 Å². The van der Waals surface area contributed by atoms with E-state index in [0.29, 0.717) is 19.8 Å². The van der Waals surface area contributed by atoms with Crippen LogP contribution in [0.1, 0.15) is 90.5 Å². The van der Waals surface area contributed by atoms with Crippen LogP contribution < -0.4 is 0 Å². The Hall–Kier alpha value is -0.940. The molecule has 1 saturated carbocycles. The van der Waals surface area contributed by atoms with Crippen molar-refractivity contribution in [1.82, 2.24) is 0 Å².